The molecule has 1 aromatic rings. The monoisotopic (exact) mass is 276 g/mol. The van der Waals surface area contributed by atoms with Crippen LogP contribution in [0.2, 0.25) is 0 Å². The van der Waals surface area contributed by atoms with Crippen molar-refractivity contribution >= 4 is 17.4 Å². The van der Waals surface area contributed by atoms with Crippen LogP contribution in [0.4, 0.5) is 5.69 Å². The number of benzene rings is 1. The molecule has 0 atom stereocenters. The van der Waals surface area contributed by atoms with Crippen LogP contribution in [0.1, 0.15) is 19.4 Å². The number of aliphatic imine (C=N–C) groups is 1. The summed E-state index contributed by atoms with van der Waals surface area (Å²) in [7, 11) is 3.62. The molecule has 1 aromatic carbocycles. The molecule has 1 aliphatic rings. The van der Waals surface area contributed by atoms with Crippen LogP contribution in [-0.4, -0.2) is 45.9 Å². The lowest BCUT2D eigenvalue weighted by molar-refractivity contribution is -0.514. The number of nitro groups is 1. The molecular formula is C13H16N4O3. The Morgan fingerprint density at radius 2 is 2.00 bits per heavy atom. The van der Waals surface area contributed by atoms with E-state index >= 15 is 0 Å². The molecule has 7 nitrogen and oxygen atoms in total. The second-order valence-corrected chi connectivity index (χ2v) is 5.31. The van der Waals surface area contributed by atoms with Gasteiger partial charge in [0.25, 0.3) is 11.5 Å². The average molecular weight is 276 g/mol. The first-order valence-electron chi connectivity index (χ1n) is 6.11. The van der Waals surface area contributed by atoms with Gasteiger partial charge in [0.1, 0.15) is 0 Å². The van der Waals surface area contributed by atoms with Gasteiger partial charge in [0.2, 0.25) is 0 Å². The summed E-state index contributed by atoms with van der Waals surface area (Å²) in [4.78, 5) is 16.4. The highest BCUT2D eigenvalue weighted by Gasteiger charge is 2.44. The van der Waals surface area contributed by atoms with Crippen molar-refractivity contribution in [1.29, 1.82) is 0 Å². The smallest absolute Gasteiger partial charge is 0.332 e. The van der Waals surface area contributed by atoms with Crippen molar-refractivity contribution in [2.24, 2.45) is 4.99 Å². The van der Waals surface area contributed by atoms with Gasteiger partial charge in [-0.25, -0.2) is 4.74 Å². The first kappa shape index (κ1) is 14.0. The number of likely N-dealkylation sites (N-methyl/N-ethyl adjacent to an activating group) is 1. The zero-order valence-electron chi connectivity index (χ0n) is 11.8. The predicted molar refractivity (Wildman–Crippen MR) is 76.0 cm³/mol. The summed E-state index contributed by atoms with van der Waals surface area (Å²) in [6, 6.07) is 5.93. The van der Waals surface area contributed by atoms with Crippen LogP contribution in [0.5, 0.6) is 0 Å². The van der Waals surface area contributed by atoms with Crippen LogP contribution < -0.4 is 0 Å². The molecule has 0 saturated heterocycles. The molecule has 20 heavy (non-hydrogen) atoms. The van der Waals surface area contributed by atoms with Gasteiger partial charge in [0, 0.05) is 26.2 Å². The summed E-state index contributed by atoms with van der Waals surface area (Å²) in [5.74, 6) is 0.816. The lowest BCUT2D eigenvalue weighted by atomic mass is 10.1. The molecule has 0 spiro atoms. The van der Waals surface area contributed by atoms with E-state index in [2.05, 4.69) is 4.99 Å². The Balaban J connectivity index is 2.55. The van der Waals surface area contributed by atoms with E-state index in [-0.39, 0.29) is 11.5 Å². The Morgan fingerprint density at radius 3 is 2.50 bits per heavy atom. The van der Waals surface area contributed by atoms with E-state index in [4.69, 9.17) is 0 Å². The molecule has 0 bridgehead atoms. The molecule has 106 valence electrons. The van der Waals surface area contributed by atoms with Gasteiger partial charge in [-0.05, 0) is 24.9 Å². The van der Waals surface area contributed by atoms with Gasteiger partial charge >= 0.3 is 5.84 Å². The Kier molecular flexibility index (Phi) is 3.21. The molecule has 0 radical (unpaired) electrons. The molecule has 0 aromatic heterocycles. The second kappa shape index (κ2) is 4.59. The molecule has 0 saturated carbocycles. The maximum Gasteiger partial charge on any atom is 0.332 e. The van der Waals surface area contributed by atoms with Gasteiger partial charge in [-0.15, -0.1) is 0 Å². The Hall–Kier alpha value is -2.44. The van der Waals surface area contributed by atoms with Crippen molar-refractivity contribution in [2.45, 2.75) is 19.4 Å². The van der Waals surface area contributed by atoms with Crippen molar-refractivity contribution in [2.75, 3.05) is 14.1 Å². The van der Waals surface area contributed by atoms with Gasteiger partial charge in [-0.3, -0.25) is 10.1 Å². The minimum Gasteiger partial charge on any atom is -0.714 e. The van der Waals surface area contributed by atoms with Gasteiger partial charge in [-0.1, -0.05) is 6.07 Å². The molecule has 1 heterocycles. The summed E-state index contributed by atoms with van der Waals surface area (Å²) in [5.41, 5.74) is -0.419. The number of nitro benzene ring substituents is 1. The fraction of sp³-hybridized carbons (Fsp3) is 0.385. The van der Waals surface area contributed by atoms with Crippen LogP contribution in [-0.2, 0) is 0 Å². The van der Waals surface area contributed by atoms with Crippen LogP contribution in [0.15, 0.2) is 29.3 Å². The predicted octanol–water partition coefficient (Wildman–Crippen LogP) is 1.60. The highest BCUT2D eigenvalue weighted by atomic mass is 16.6. The molecule has 7 heteroatoms. The molecule has 0 fully saturated rings. The highest BCUT2D eigenvalue weighted by Crippen LogP contribution is 2.23. The van der Waals surface area contributed by atoms with Crippen molar-refractivity contribution in [3.8, 4) is 0 Å². The number of rotatable bonds is 2. The summed E-state index contributed by atoms with van der Waals surface area (Å²) < 4.78 is 0.793. The SMILES string of the molecule is CN(C)C1=NC(c2cccc([N+](=O)[O-])c2)=[N+]([O-])C1(C)C. The van der Waals surface area contributed by atoms with Crippen molar-refractivity contribution in [1.82, 2.24) is 4.90 Å². The topological polar surface area (TPSA) is 84.8 Å². The minimum atomic E-state index is -0.802. The van der Waals surface area contributed by atoms with Gasteiger partial charge < -0.3 is 10.1 Å². The standard InChI is InChI=1S/C13H16N4O3/c1-13(2)12(15(3)4)14-11(16(13)18)9-6-5-7-10(8-9)17(19)20/h5-8H,1-4H3. The first-order chi connectivity index (χ1) is 9.25. The zero-order chi connectivity index (χ0) is 15.1. The molecule has 0 N–H and O–H groups in total. The highest BCUT2D eigenvalue weighted by molar-refractivity contribution is 6.09. The van der Waals surface area contributed by atoms with E-state index in [0.717, 1.165) is 4.74 Å². The van der Waals surface area contributed by atoms with Crippen LogP contribution in [0.3, 0.4) is 0 Å². The van der Waals surface area contributed by atoms with Crippen molar-refractivity contribution in [3.63, 3.8) is 0 Å². The maximum atomic E-state index is 12.4. The lowest BCUT2D eigenvalue weighted by Gasteiger charge is -2.26. The fourth-order valence-corrected chi connectivity index (χ4v) is 2.23. The van der Waals surface area contributed by atoms with E-state index in [1.807, 2.05) is 14.1 Å². The largest absolute Gasteiger partial charge is 0.714 e. The third-order valence-corrected chi connectivity index (χ3v) is 3.20. The van der Waals surface area contributed by atoms with Gasteiger partial charge in [0.05, 0.1) is 10.5 Å². The number of hydrogen-bond donors (Lipinski definition) is 0. The molecule has 0 amide bonds. The van der Waals surface area contributed by atoms with Crippen molar-refractivity contribution < 1.29 is 9.66 Å². The summed E-state index contributed by atoms with van der Waals surface area (Å²) >= 11 is 0. The molecule has 2 rings (SSSR count). The van der Waals surface area contributed by atoms with Gasteiger partial charge in [-0.2, -0.15) is 0 Å². The Morgan fingerprint density at radius 1 is 1.35 bits per heavy atom. The Labute approximate surface area is 116 Å². The molecule has 0 unspecified atom stereocenters. The lowest BCUT2D eigenvalue weighted by Crippen LogP contribution is -2.45. The van der Waals surface area contributed by atoms with E-state index in [1.54, 1.807) is 30.9 Å². The van der Waals surface area contributed by atoms with Crippen molar-refractivity contribution in [3.05, 3.63) is 45.2 Å². The zero-order valence-corrected chi connectivity index (χ0v) is 11.8. The number of hydroxylamine groups is 1. The van der Waals surface area contributed by atoms with Gasteiger partial charge in [0.15, 0.2) is 5.54 Å². The fourth-order valence-electron chi connectivity index (χ4n) is 2.23. The van der Waals surface area contributed by atoms with E-state index in [0.29, 0.717) is 11.4 Å². The third-order valence-electron chi connectivity index (χ3n) is 3.20. The first-order valence-corrected chi connectivity index (χ1v) is 6.11. The average Bonchev–Trinajstić information content (AvgIpc) is 2.61. The second-order valence-electron chi connectivity index (χ2n) is 5.31. The normalized spacial score (nSPS) is 17.1. The van der Waals surface area contributed by atoms with E-state index < -0.39 is 10.5 Å². The van der Waals surface area contributed by atoms with Crippen LogP contribution in [0, 0.1) is 15.3 Å². The Bertz CT molecular complexity index is 632. The summed E-state index contributed by atoms with van der Waals surface area (Å²) in [6.45, 7) is 3.53. The summed E-state index contributed by atoms with van der Waals surface area (Å²) in [6.07, 6.45) is 0. The minimum absolute atomic E-state index is 0.0605. The quantitative estimate of drug-likeness (QED) is 0.355. The molecular weight excluding hydrogens is 260 g/mol. The van der Waals surface area contributed by atoms with E-state index in [1.165, 1.54) is 12.1 Å². The summed E-state index contributed by atoms with van der Waals surface area (Å²) in [5, 5.41) is 23.2. The van der Waals surface area contributed by atoms with Crippen LogP contribution in [0.25, 0.3) is 0 Å². The number of amidine groups is 2. The van der Waals surface area contributed by atoms with Crippen LogP contribution >= 0.6 is 0 Å². The number of hydrogen-bond acceptors (Lipinski definition) is 5. The number of nitrogens with zero attached hydrogens (tertiary/aromatic N) is 4. The molecule has 0 aliphatic carbocycles. The maximum absolute atomic E-state index is 12.4. The molecule has 1 aliphatic heterocycles. The number of non-ortho nitro benzene ring substituents is 1. The third kappa shape index (κ3) is 2.11. The van der Waals surface area contributed by atoms with E-state index in [9.17, 15) is 15.3 Å².